The van der Waals surface area contributed by atoms with Crippen LogP contribution in [0.25, 0.3) is 0 Å². The number of quaternary nitrogens is 1. The Balaban J connectivity index is 0.00000320. The summed E-state index contributed by atoms with van der Waals surface area (Å²) in [6.07, 6.45) is 2.86. The number of rotatable bonds is 8. The number of Topliss-reactive ketones (excluding diaryl/α,β-unsaturated/α-hetero) is 1. The van der Waals surface area contributed by atoms with Crippen LogP contribution in [-0.2, 0) is 9.53 Å². The summed E-state index contributed by atoms with van der Waals surface area (Å²) in [5, 5.41) is 0. The van der Waals surface area contributed by atoms with Gasteiger partial charge < -0.3 is 26.2 Å². The van der Waals surface area contributed by atoms with Crippen molar-refractivity contribution in [1.82, 2.24) is 4.98 Å². The summed E-state index contributed by atoms with van der Waals surface area (Å²) in [5.74, 6) is -0.782. The van der Waals surface area contributed by atoms with Gasteiger partial charge in [0.05, 0.1) is 26.1 Å². The highest BCUT2D eigenvalue weighted by Crippen LogP contribution is 2.40. The monoisotopic (exact) mass is 570 g/mol. The van der Waals surface area contributed by atoms with Gasteiger partial charge in [-0.05, 0) is 53.4 Å². The predicted molar refractivity (Wildman–Crippen MR) is 130 cm³/mol. The van der Waals surface area contributed by atoms with Crippen molar-refractivity contribution in [3.63, 3.8) is 0 Å². The van der Waals surface area contributed by atoms with Crippen molar-refractivity contribution in [1.29, 1.82) is 0 Å². The molecule has 0 aliphatic carbocycles. The molecule has 1 aromatic heterocycles. The quantitative estimate of drug-likeness (QED) is 0.236. The third-order valence-electron chi connectivity index (χ3n) is 7.65. The minimum atomic E-state index is -0.904. The fraction of sp³-hybridized carbons (Fsp3) is 0.345. The van der Waals surface area contributed by atoms with Crippen molar-refractivity contribution in [3.8, 4) is 0 Å². The van der Waals surface area contributed by atoms with Gasteiger partial charge in [-0.1, -0.05) is 30.3 Å². The minimum Gasteiger partial charge on any atom is -1.00 e. The van der Waals surface area contributed by atoms with Gasteiger partial charge in [-0.15, -0.1) is 0 Å². The number of carbonyl (C=O) groups is 2. The molecule has 6 rings (SSSR count). The van der Waals surface area contributed by atoms with Gasteiger partial charge in [-0.2, -0.15) is 0 Å². The van der Waals surface area contributed by atoms with E-state index in [4.69, 9.17) is 4.74 Å². The van der Waals surface area contributed by atoms with E-state index in [0.29, 0.717) is 33.8 Å². The van der Waals surface area contributed by atoms with E-state index in [9.17, 15) is 18.4 Å². The van der Waals surface area contributed by atoms with E-state index in [1.165, 1.54) is 24.3 Å². The molecular weight excluding hydrogens is 542 g/mol. The molecule has 37 heavy (non-hydrogen) atoms. The lowest BCUT2D eigenvalue weighted by molar-refractivity contribution is -0.939. The topological polar surface area (TPSA) is 56.3 Å². The smallest absolute Gasteiger partial charge is 0.307 e. The number of nitrogens with zero attached hydrogens (tertiary/aromatic N) is 2. The molecule has 4 heterocycles. The first-order valence-electron chi connectivity index (χ1n) is 12.4. The zero-order valence-corrected chi connectivity index (χ0v) is 21.9. The normalized spacial score (nSPS) is 22.4. The number of fused-ring (bicyclic) bond motifs is 3. The first-order chi connectivity index (χ1) is 17.4. The number of ether oxygens (including phenoxy) is 1. The lowest BCUT2D eigenvalue weighted by Gasteiger charge is -2.52. The molecule has 3 fully saturated rings. The van der Waals surface area contributed by atoms with Gasteiger partial charge in [0.2, 0.25) is 5.78 Å². The van der Waals surface area contributed by atoms with Crippen molar-refractivity contribution >= 4 is 11.8 Å². The first-order valence-corrected chi connectivity index (χ1v) is 12.4. The summed E-state index contributed by atoms with van der Waals surface area (Å²) in [7, 11) is 0. The number of hydrogen-bond donors (Lipinski definition) is 0. The number of piperidine rings is 3. The Bertz CT molecular complexity index is 1200. The molecule has 2 aromatic carbocycles. The van der Waals surface area contributed by atoms with E-state index in [0.717, 1.165) is 32.5 Å². The van der Waals surface area contributed by atoms with Gasteiger partial charge >= 0.3 is 5.97 Å². The molecule has 1 atom stereocenters. The number of ketones is 1. The Morgan fingerprint density at radius 2 is 1.59 bits per heavy atom. The molecule has 5 nitrogen and oxygen atoms in total. The molecule has 0 N–H and O–H groups in total. The Hall–Kier alpha value is -2.97. The van der Waals surface area contributed by atoms with Crippen LogP contribution in [0, 0.1) is 23.5 Å². The molecular formula is C29H29BrF2N2O3. The number of benzene rings is 2. The van der Waals surface area contributed by atoms with Crippen molar-refractivity contribution in [3.05, 3.63) is 101 Å². The zero-order valence-electron chi connectivity index (χ0n) is 20.4. The lowest BCUT2D eigenvalue weighted by Crippen LogP contribution is -3.00. The molecule has 194 valence electrons. The van der Waals surface area contributed by atoms with E-state index >= 15 is 0 Å². The van der Waals surface area contributed by atoms with Crippen molar-refractivity contribution in [2.24, 2.45) is 11.8 Å². The van der Waals surface area contributed by atoms with Gasteiger partial charge in [0.15, 0.2) is 6.10 Å². The maximum Gasteiger partial charge on any atom is 0.307 e. The summed E-state index contributed by atoms with van der Waals surface area (Å²) in [4.78, 5) is 30.3. The second kappa shape index (κ2) is 11.6. The van der Waals surface area contributed by atoms with Crippen LogP contribution in [0.2, 0.25) is 0 Å². The molecule has 3 saturated heterocycles. The van der Waals surface area contributed by atoms with E-state index < -0.39 is 23.7 Å². The Morgan fingerprint density at radius 3 is 2.16 bits per heavy atom. The van der Waals surface area contributed by atoms with Gasteiger partial charge in [0.1, 0.15) is 23.9 Å². The third kappa shape index (κ3) is 6.30. The molecule has 0 amide bonds. The average Bonchev–Trinajstić information content (AvgIpc) is 2.88. The highest BCUT2D eigenvalue weighted by atomic mass is 79.9. The van der Waals surface area contributed by atoms with E-state index in [2.05, 4.69) is 4.98 Å². The molecule has 3 aliphatic heterocycles. The van der Waals surface area contributed by atoms with Crippen LogP contribution >= 0.6 is 0 Å². The molecule has 0 spiro atoms. The number of aromatic nitrogens is 1. The van der Waals surface area contributed by atoms with Crippen LogP contribution in [-0.4, -0.2) is 47.4 Å². The van der Waals surface area contributed by atoms with Crippen molar-refractivity contribution in [2.75, 3.05) is 26.2 Å². The maximum atomic E-state index is 14.0. The number of hydrogen-bond acceptors (Lipinski definition) is 4. The molecule has 3 aromatic rings. The van der Waals surface area contributed by atoms with Crippen LogP contribution in [0.15, 0.2) is 72.9 Å². The number of halogens is 3. The van der Waals surface area contributed by atoms with Gasteiger partial charge in [-0.25, -0.2) is 8.78 Å². The van der Waals surface area contributed by atoms with Crippen LogP contribution in [0.1, 0.15) is 47.0 Å². The summed E-state index contributed by atoms with van der Waals surface area (Å²) in [5.41, 5.74) is 1.38. The SMILES string of the molecule is O=C(C[C@H]1C[N+]2(CC(=O)c3ccccn3)CCC1CC2)OC(c1cccc(F)c1)c1cccc(F)c1.[Br-]. The van der Waals surface area contributed by atoms with Crippen LogP contribution in [0.5, 0.6) is 0 Å². The first kappa shape index (κ1) is 27.1. The average molecular weight is 571 g/mol. The largest absolute Gasteiger partial charge is 1.00 e. The highest BCUT2D eigenvalue weighted by Gasteiger charge is 2.47. The van der Waals surface area contributed by atoms with Crippen molar-refractivity contribution < 1.29 is 44.6 Å². The molecule has 0 saturated carbocycles. The second-order valence-electron chi connectivity index (χ2n) is 10.0. The molecule has 0 radical (unpaired) electrons. The number of carbonyl (C=O) groups excluding carboxylic acids is 2. The number of pyridine rings is 1. The van der Waals surface area contributed by atoms with Crippen LogP contribution < -0.4 is 17.0 Å². The molecule has 3 aliphatic rings. The summed E-state index contributed by atoms with van der Waals surface area (Å²) in [6, 6.07) is 17.0. The Labute approximate surface area is 225 Å². The van der Waals surface area contributed by atoms with Gasteiger partial charge in [0.25, 0.3) is 0 Å². The standard InChI is InChI=1S/C29H29F2N2O3.BrH/c30-24-7-3-5-21(15-24)29(22-6-4-8-25(31)16-22)36-28(35)17-23-18-33(13-10-20(23)11-14-33)19-27(34)26-9-1-2-12-32-26;/h1-9,12,15-16,20,23,29H,10-11,13-14,17-19H2;1H/q+1;/p-1/t20?,23-,33?;/m0./s1. The van der Waals surface area contributed by atoms with Gasteiger partial charge in [-0.3, -0.25) is 14.6 Å². The van der Waals surface area contributed by atoms with E-state index in [1.54, 1.807) is 42.6 Å². The lowest BCUT2D eigenvalue weighted by atomic mass is 9.75. The Kier molecular flexibility index (Phi) is 8.49. The van der Waals surface area contributed by atoms with Crippen LogP contribution in [0.4, 0.5) is 8.78 Å². The predicted octanol–water partition coefficient (Wildman–Crippen LogP) is 2.13. The minimum absolute atomic E-state index is 0. The maximum absolute atomic E-state index is 14.0. The molecule has 2 bridgehead atoms. The summed E-state index contributed by atoms with van der Waals surface area (Å²) >= 11 is 0. The van der Waals surface area contributed by atoms with Crippen molar-refractivity contribution in [2.45, 2.75) is 25.4 Å². The third-order valence-corrected chi connectivity index (χ3v) is 7.65. The fourth-order valence-electron chi connectivity index (χ4n) is 5.86. The molecule has 0 unspecified atom stereocenters. The highest BCUT2D eigenvalue weighted by molar-refractivity contribution is 5.95. The van der Waals surface area contributed by atoms with E-state index in [1.807, 2.05) is 6.07 Å². The molecule has 8 heteroatoms. The summed E-state index contributed by atoms with van der Waals surface area (Å²) in [6.45, 7) is 2.96. The fourth-order valence-corrected chi connectivity index (χ4v) is 5.86. The Morgan fingerprint density at radius 1 is 0.946 bits per heavy atom. The second-order valence-corrected chi connectivity index (χ2v) is 10.0. The van der Waals surface area contributed by atoms with Gasteiger partial charge in [0, 0.05) is 25.0 Å². The summed E-state index contributed by atoms with van der Waals surface area (Å²) < 4.78 is 34.4. The zero-order chi connectivity index (χ0) is 25.1. The number of esters is 1. The van der Waals surface area contributed by atoms with E-state index in [-0.39, 0.29) is 35.1 Å². The van der Waals surface area contributed by atoms with Crippen LogP contribution in [0.3, 0.4) is 0 Å².